The Hall–Kier alpha value is -2.59. The molecule has 1 saturated heterocycles. The largest absolute Gasteiger partial charge is 0.391 e. The number of hydrogen-bond donors (Lipinski definition) is 1. The van der Waals surface area contributed by atoms with Crippen LogP contribution in [0.2, 0.25) is 0 Å². The quantitative estimate of drug-likeness (QED) is 0.808. The van der Waals surface area contributed by atoms with Crippen molar-refractivity contribution in [3.8, 4) is 17.1 Å². The third-order valence-electron chi connectivity index (χ3n) is 4.25. The Balaban J connectivity index is 1.81. The van der Waals surface area contributed by atoms with Gasteiger partial charge in [-0.15, -0.1) is 0 Å². The van der Waals surface area contributed by atoms with Crippen LogP contribution in [0.15, 0.2) is 66.9 Å². The summed E-state index contributed by atoms with van der Waals surface area (Å²) in [6.07, 6.45) is 2.62. The van der Waals surface area contributed by atoms with Crippen molar-refractivity contribution in [3.63, 3.8) is 0 Å². The van der Waals surface area contributed by atoms with Crippen LogP contribution in [-0.2, 0) is 0 Å². The maximum atomic E-state index is 9.79. The Morgan fingerprint density at radius 2 is 1.65 bits per heavy atom. The van der Waals surface area contributed by atoms with Crippen molar-refractivity contribution in [3.05, 3.63) is 66.9 Å². The monoisotopic (exact) mass is 305 g/mol. The van der Waals surface area contributed by atoms with E-state index in [0.29, 0.717) is 6.54 Å². The van der Waals surface area contributed by atoms with Gasteiger partial charge < -0.3 is 10.0 Å². The molecule has 1 unspecified atom stereocenters. The van der Waals surface area contributed by atoms with Gasteiger partial charge in [0.1, 0.15) is 11.6 Å². The minimum absolute atomic E-state index is 0.253. The lowest BCUT2D eigenvalue weighted by atomic mass is 10.2. The van der Waals surface area contributed by atoms with Crippen molar-refractivity contribution in [2.75, 3.05) is 18.0 Å². The number of para-hydroxylation sites is 1. The molecule has 1 fully saturated rings. The number of anilines is 1. The molecule has 23 heavy (non-hydrogen) atoms. The molecule has 0 amide bonds. The van der Waals surface area contributed by atoms with Crippen LogP contribution < -0.4 is 4.90 Å². The van der Waals surface area contributed by atoms with Crippen LogP contribution in [0, 0.1) is 0 Å². The zero-order valence-electron chi connectivity index (χ0n) is 12.8. The fourth-order valence-electron chi connectivity index (χ4n) is 3.05. The first-order valence-electron chi connectivity index (χ1n) is 7.94. The van der Waals surface area contributed by atoms with Crippen LogP contribution in [-0.4, -0.2) is 33.9 Å². The van der Waals surface area contributed by atoms with E-state index in [4.69, 9.17) is 4.98 Å². The number of benzene rings is 2. The molecular formula is C19H19N3O. The predicted octanol–water partition coefficient (Wildman–Crippen LogP) is 3.11. The second kappa shape index (κ2) is 5.89. The fourth-order valence-corrected chi connectivity index (χ4v) is 3.05. The van der Waals surface area contributed by atoms with Gasteiger partial charge in [-0.25, -0.2) is 4.98 Å². The van der Waals surface area contributed by atoms with E-state index in [1.807, 2.05) is 36.4 Å². The molecule has 0 aliphatic carbocycles. The van der Waals surface area contributed by atoms with Gasteiger partial charge in [0, 0.05) is 24.3 Å². The van der Waals surface area contributed by atoms with Gasteiger partial charge in [-0.05, 0) is 18.6 Å². The van der Waals surface area contributed by atoms with Crippen LogP contribution >= 0.6 is 0 Å². The summed E-state index contributed by atoms with van der Waals surface area (Å²) in [6, 6.07) is 20.4. The molecule has 0 spiro atoms. The molecule has 2 aromatic carbocycles. The molecule has 1 aromatic heterocycles. The summed E-state index contributed by atoms with van der Waals surface area (Å²) >= 11 is 0. The topological polar surface area (TPSA) is 41.3 Å². The highest BCUT2D eigenvalue weighted by Crippen LogP contribution is 2.28. The van der Waals surface area contributed by atoms with Crippen molar-refractivity contribution < 1.29 is 5.11 Å². The smallest absolute Gasteiger partial charge is 0.148 e. The molecule has 1 aliphatic rings. The van der Waals surface area contributed by atoms with E-state index in [9.17, 15) is 5.11 Å². The van der Waals surface area contributed by atoms with Crippen LogP contribution in [0.1, 0.15) is 6.42 Å². The molecule has 0 radical (unpaired) electrons. The van der Waals surface area contributed by atoms with Crippen LogP contribution in [0.25, 0.3) is 17.1 Å². The lowest BCUT2D eigenvalue weighted by molar-refractivity contribution is 0.198. The highest BCUT2D eigenvalue weighted by molar-refractivity contribution is 5.62. The lowest BCUT2D eigenvalue weighted by Gasteiger charge is -2.13. The van der Waals surface area contributed by atoms with Gasteiger partial charge >= 0.3 is 0 Å². The molecule has 1 N–H and O–H groups in total. The van der Waals surface area contributed by atoms with E-state index in [1.54, 1.807) is 0 Å². The van der Waals surface area contributed by atoms with Gasteiger partial charge in [-0.1, -0.05) is 48.5 Å². The molecule has 4 rings (SSSR count). The summed E-state index contributed by atoms with van der Waals surface area (Å²) in [7, 11) is 0. The third-order valence-corrected chi connectivity index (χ3v) is 4.25. The minimum Gasteiger partial charge on any atom is -0.391 e. The Labute approximate surface area is 135 Å². The second-order valence-corrected chi connectivity index (χ2v) is 5.88. The van der Waals surface area contributed by atoms with Gasteiger partial charge in [-0.2, -0.15) is 0 Å². The summed E-state index contributed by atoms with van der Waals surface area (Å²) in [5, 5.41) is 9.79. The number of β-amino-alcohol motifs (C(OH)–C–C–N with tert-alkyl or cyclic N) is 1. The molecule has 3 aromatic rings. The van der Waals surface area contributed by atoms with Crippen molar-refractivity contribution in [2.45, 2.75) is 12.5 Å². The van der Waals surface area contributed by atoms with E-state index in [0.717, 1.165) is 35.9 Å². The maximum absolute atomic E-state index is 9.79. The number of aromatic nitrogens is 2. The standard InChI is InChI=1S/C19H19N3O/c23-17-11-12-21(13-17)18-14-22(16-9-5-2-6-10-16)19(20-18)15-7-3-1-4-8-15/h1-10,14,17,23H,11-13H2. The number of aliphatic hydroxyl groups excluding tert-OH is 1. The van der Waals surface area contributed by atoms with Crippen molar-refractivity contribution >= 4 is 5.82 Å². The average Bonchev–Trinajstić information content (AvgIpc) is 3.23. The van der Waals surface area contributed by atoms with Crippen LogP contribution in [0.3, 0.4) is 0 Å². The summed E-state index contributed by atoms with van der Waals surface area (Å²) in [5.41, 5.74) is 2.17. The molecule has 0 saturated carbocycles. The van der Waals surface area contributed by atoms with E-state index < -0.39 is 0 Å². The van der Waals surface area contributed by atoms with Crippen molar-refractivity contribution in [1.29, 1.82) is 0 Å². The number of nitrogens with zero attached hydrogens (tertiary/aromatic N) is 3. The van der Waals surface area contributed by atoms with Gasteiger partial charge in [0.15, 0.2) is 0 Å². The predicted molar refractivity (Wildman–Crippen MR) is 91.8 cm³/mol. The number of rotatable bonds is 3. The number of aliphatic hydroxyl groups is 1. The fraction of sp³-hybridized carbons (Fsp3) is 0.211. The number of imidazole rings is 1. The normalized spacial score (nSPS) is 17.6. The highest BCUT2D eigenvalue weighted by Gasteiger charge is 2.23. The first kappa shape index (κ1) is 14.0. The molecule has 1 aliphatic heterocycles. The Bertz CT molecular complexity index is 726. The molecule has 0 bridgehead atoms. The maximum Gasteiger partial charge on any atom is 0.148 e. The average molecular weight is 305 g/mol. The molecule has 116 valence electrons. The van der Waals surface area contributed by atoms with Gasteiger partial charge in [-0.3, -0.25) is 4.57 Å². The Morgan fingerprint density at radius 1 is 0.957 bits per heavy atom. The minimum atomic E-state index is -0.253. The van der Waals surface area contributed by atoms with E-state index in [2.05, 4.69) is 39.9 Å². The third kappa shape index (κ3) is 2.73. The van der Waals surface area contributed by atoms with Crippen LogP contribution in [0.4, 0.5) is 5.82 Å². The van der Waals surface area contributed by atoms with Gasteiger partial charge in [0.05, 0.1) is 12.3 Å². The number of hydrogen-bond acceptors (Lipinski definition) is 3. The zero-order valence-corrected chi connectivity index (χ0v) is 12.8. The van der Waals surface area contributed by atoms with E-state index >= 15 is 0 Å². The summed E-state index contributed by atoms with van der Waals surface area (Å²) in [5.74, 6) is 1.84. The first-order chi connectivity index (χ1) is 11.3. The van der Waals surface area contributed by atoms with E-state index in [1.165, 1.54) is 0 Å². The van der Waals surface area contributed by atoms with Crippen molar-refractivity contribution in [2.24, 2.45) is 0 Å². The SMILES string of the molecule is OC1CCN(c2cn(-c3ccccc3)c(-c3ccccc3)n2)C1. The molecule has 1 atom stereocenters. The summed E-state index contributed by atoms with van der Waals surface area (Å²) in [6.45, 7) is 1.50. The summed E-state index contributed by atoms with van der Waals surface area (Å²) in [4.78, 5) is 7.00. The highest BCUT2D eigenvalue weighted by atomic mass is 16.3. The van der Waals surface area contributed by atoms with Crippen molar-refractivity contribution in [1.82, 2.24) is 9.55 Å². The Morgan fingerprint density at radius 3 is 2.30 bits per heavy atom. The van der Waals surface area contributed by atoms with Gasteiger partial charge in [0.25, 0.3) is 0 Å². The zero-order chi connectivity index (χ0) is 15.6. The second-order valence-electron chi connectivity index (χ2n) is 5.88. The van der Waals surface area contributed by atoms with Gasteiger partial charge in [0.2, 0.25) is 0 Å². The molecule has 2 heterocycles. The lowest BCUT2D eigenvalue weighted by Crippen LogP contribution is -2.21. The molecular weight excluding hydrogens is 286 g/mol. The molecule has 4 heteroatoms. The van der Waals surface area contributed by atoms with E-state index in [-0.39, 0.29) is 6.10 Å². The summed E-state index contributed by atoms with van der Waals surface area (Å²) < 4.78 is 2.12. The Kier molecular flexibility index (Phi) is 3.60. The molecule has 4 nitrogen and oxygen atoms in total. The first-order valence-corrected chi connectivity index (χ1v) is 7.94. The van der Waals surface area contributed by atoms with Crippen LogP contribution in [0.5, 0.6) is 0 Å².